The van der Waals surface area contributed by atoms with Crippen molar-refractivity contribution in [3.63, 3.8) is 0 Å². The van der Waals surface area contributed by atoms with Gasteiger partial charge in [0.25, 0.3) is 5.91 Å². The average Bonchev–Trinajstić information content (AvgIpc) is 3.41. The van der Waals surface area contributed by atoms with Crippen LogP contribution in [0.5, 0.6) is 0 Å². The van der Waals surface area contributed by atoms with Crippen molar-refractivity contribution in [3.05, 3.63) is 77.4 Å². The van der Waals surface area contributed by atoms with Gasteiger partial charge in [-0.2, -0.15) is 5.10 Å². The summed E-state index contributed by atoms with van der Waals surface area (Å²) < 4.78 is 9.19. The highest BCUT2D eigenvalue weighted by Crippen LogP contribution is 2.25. The summed E-state index contributed by atoms with van der Waals surface area (Å²) in [5, 5.41) is 7.44. The number of rotatable bonds is 10. The van der Waals surface area contributed by atoms with Gasteiger partial charge in [0.05, 0.1) is 29.3 Å². The Hall–Kier alpha value is -3.65. The summed E-state index contributed by atoms with van der Waals surface area (Å²) in [7, 11) is 1.69. The van der Waals surface area contributed by atoms with Gasteiger partial charge in [0.15, 0.2) is 0 Å². The van der Waals surface area contributed by atoms with Gasteiger partial charge in [0.1, 0.15) is 5.82 Å². The number of nitrogens with zero attached hydrogens (tertiary/aromatic N) is 4. The van der Waals surface area contributed by atoms with Crippen LogP contribution in [0.2, 0.25) is 0 Å². The van der Waals surface area contributed by atoms with Gasteiger partial charge in [-0.05, 0) is 24.1 Å². The number of benzene rings is 2. The highest BCUT2D eigenvalue weighted by Gasteiger charge is 2.19. The minimum absolute atomic E-state index is 0.182. The first-order valence-corrected chi connectivity index (χ1v) is 11.2. The quantitative estimate of drug-likeness (QED) is 0.287. The number of nitrogens with one attached hydrogen (secondary N) is 1. The van der Waals surface area contributed by atoms with E-state index in [1.807, 2.05) is 35.1 Å². The molecule has 8 nitrogen and oxygen atoms in total. The highest BCUT2D eigenvalue weighted by atomic mass is 16.5. The second kappa shape index (κ2) is 10.3. The van der Waals surface area contributed by atoms with Crippen molar-refractivity contribution in [2.75, 3.05) is 19.5 Å². The van der Waals surface area contributed by atoms with Crippen LogP contribution in [0.4, 0.5) is 5.69 Å². The van der Waals surface area contributed by atoms with Crippen molar-refractivity contribution >= 4 is 22.6 Å². The third-order valence-electron chi connectivity index (χ3n) is 5.56. The number of hydrogen-bond donors (Lipinski definition) is 2. The van der Waals surface area contributed by atoms with Crippen LogP contribution in [0.15, 0.2) is 54.9 Å². The van der Waals surface area contributed by atoms with E-state index in [1.54, 1.807) is 19.4 Å². The van der Waals surface area contributed by atoms with E-state index in [4.69, 9.17) is 15.5 Å². The molecular formula is C25H30N6O2. The SMILES string of the molecule is CCc1nc2cc(N)cc(C(=O)NCc3cnn(Cc4ccccc4)c3)c2n1CCCOC. The monoisotopic (exact) mass is 446 g/mol. The number of methoxy groups -OCH3 is 1. The van der Waals surface area contributed by atoms with Gasteiger partial charge in [-0.15, -0.1) is 0 Å². The van der Waals surface area contributed by atoms with Gasteiger partial charge in [0, 0.05) is 50.7 Å². The van der Waals surface area contributed by atoms with Crippen LogP contribution in [0, 0.1) is 0 Å². The lowest BCUT2D eigenvalue weighted by Crippen LogP contribution is -2.23. The van der Waals surface area contributed by atoms with Gasteiger partial charge in [-0.1, -0.05) is 37.3 Å². The predicted molar refractivity (Wildman–Crippen MR) is 129 cm³/mol. The number of imidazole rings is 1. The van der Waals surface area contributed by atoms with Crippen LogP contribution in [0.3, 0.4) is 0 Å². The predicted octanol–water partition coefficient (Wildman–Crippen LogP) is 3.39. The Kier molecular flexibility index (Phi) is 7.04. The maximum atomic E-state index is 13.2. The van der Waals surface area contributed by atoms with E-state index in [1.165, 1.54) is 5.56 Å². The van der Waals surface area contributed by atoms with Crippen LogP contribution < -0.4 is 11.1 Å². The number of carbonyl (C=O) groups is 1. The molecule has 0 unspecified atom stereocenters. The van der Waals surface area contributed by atoms with Crippen molar-refractivity contribution in [1.29, 1.82) is 0 Å². The summed E-state index contributed by atoms with van der Waals surface area (Å²) in [5.41, 5.74) is 10.8. The first kappa shape index (κ1) is 22.5. The zero-order valence-corrected chi connectivity index (χ0v) is 19.1. The van der Waals surface area contributed by atoms with Gasteiger partial charge in [0.2, 0.25) is 0 Å². The fourth-order valence-electron chi connectivity index (χ4n) is 4.02. The second-order valence-corrected chi connectivity index (χ2v) is 8.03. The Labute approximate surface area is 193 Å². The summed E-state index contributed by atoms with van der Waals surface area (Å²) in [6, 6.07) is 13.7. The van der Waals surface area contributed by atoms with Crippen LogP contribution >= 0.6 is 0 Å². The number of fused-ring (bicyclic) bond motifs is 1. The Morgan fingerprint density at radius 3 is 2.76 bits per heavy atom. The van der Waals surface area contributed by atoms with Gasteiger partial charge < -0.3 is 20.4 Å². The molecule has 0 fully saturated rings. The minimum atomic E-state index is -0.182. The molecule has 172 valence electrons. The van der Waals surface area contributed by atoms with Crippen molar-refractivity contribution in [1.82, 2.24) is 24.6 Å². The minimum Gasteiger partial charge on any atom is -0.399 e. The average molecular weight is 447 g/mol. The van der Waals surface area contributed by atoms with Crippen LogP contribution in [0.25, 0.3) is 11.0 Å². The van der Waals surface area contributed by atoms with E-state index in [0.29, 0.717) is 30.9 Å². The third kappa shape index (κ3) is 5.23. The molecule has 0 aliphatic carbocycles. The van der Waals surface area contributed by atoms with E-state index >= 15 is 0 Å². The number of nitrogen functional groups attached to an aromatic ring is 1. The van der Waals surface area contributed by atoms with Crippen LogP contribution in [-0.2, 0) is 30.8 Å². The number of aromatic nitrogens is 4. The maximum absolute atomic E-state index is 13.2. The first-order valence-electron chi connectivity index (χ1n) is 11.2. The molecule has 0 atom stereocenters. The zero-order valence-electron chi connectivity index (χ0n) is 19.1. The topological polar surface area (TPSA) is 100.0 Å². The molecule has 2 aromatic carbocycles. The summed E-state index contributed by atoms with van der Waals surface area (Å²) in [4.78, 5) is 17.9. The summed E-state index contributed by atoms with van der Waals surface area (Å²) in [5.74, 6) is 0.751. The van der Waals surface area contributed by atoms with E-state index in [-0.39, 0.29) is 5.91 Å². The normalized spacial score (nSPS) is 11.2. The number of anilines is 1. The number of hydrogen-bond acceptors (Lipinski definition) is 5. The molecular weight excluding hydrogens is 416 g/mol. The lowest BCUT2D eigenvalue weighted by Gasteiger charge is -2.12. The zero-order chi connectivity index (χ0) is 23.2. The Bertz CT molecular complexity index is 1230. The number of aryl methyl sites for hydroxylation is 2. The maximum Gasteiger partial charge on any atom is 0.253 e. The van der Waals surface area contributed by atoms with Gasteiger partial charge in [-0.3, -0.25) is 9.48 Å². The van der Waals surface area contributed by atoms with Crippen LogP contribution in [0.1, 0.15) is 40.7 Å². The summed E-state index contributed by atoms with van der Waals surface area (Å²) >= 11 is 0. The first-order chi connectivity index (χ1) is 16.1. The highest BCUT2D eigenvalue weighted by molar-refractivity contribution is 6.06. The van der Waals surface area contributed by atoms with Crippen molar-refractivity contribution in [2.24, 2.45) is 0 Å². The Balaban J connectivity index is 1.52. The summed E-state index contributed by atoms with van der Waals surface area (Å²) in [6.45, 7) is 4.49. The molecule has 0 saturated heterocycles. The molecule has 0 aliphatic heterocycles. The van der Waals surface area contributed by atoms with Crippen molar-refractivity contribution in [3.8, 4) is 0 Å². The number of nitrogens with two attached hydrogens (primary N) is 1. The molecule has 2 aromatic heterocycles. The molecule has 8 heteroatoms. The number of ether oxygens (including phenoxy) is 1. The third-order valence-corrected chi connectivity index (χ3v) is 5.56. The summed E-state index contributed by atoms with van der Waals surface area (Å²) in [6.07, 6.45) is 5.33. The smallest absolute Gasteiger partial charge is 0.253 e. The van der Waals surface area contributed by atoms with Gasteiger partial charge >= 0.3 is 0 Å². The van der Waals surface area contributed by atoms with E-state index < -0.39 is 0 Å². The molecule has 1 amide bonds. The molecule has 0 radical (unpaired) electrons. The fourth-order valence-corrected chi connectivity index (χ4v) is 4.02. The second-order valence-electron chi connectivity index (χ2n) is 8.03. The Morgan fingerprint density at radius 1 is 1.18 bits per heavy atom. The lowest BCUT2D eigenvalue weighted by molar-refractivity contribution is 0.0952. The molecule has 33 heavy (non-hydrogen) atoms. The molecule has 2 heterocycles. The van der Waals surface area contributed by atoms with E-state index in [9.17, 15) is 4.79 Å². The van der Waals surface area contributed by atoms with Gasteiger partial charge in [-0.25, -0.2) is 4.98 Å². The molecule has 0 saturated carbocycles. The van der Waals surface area contributed by atoms with Crippen molar-refractivity contribution < 1.29 is 9.53 Å². The number of amides is 1. The molecule has 0 spiro atoms. The Morgan fingerprint density at radius 2 is 2.00 bits per heavy atom. The molecule has 4 rings (SSSR count). The van der Waals surface area contributed by atoms with Crippen LogP contribution in [-0.4, -0.2) is 39.0 Å². The van der Waals surface area contributed by atoms with E-state index in [2.05, 4.69) is 34.0 Å². The molecule has 0 aliphatic rings. The van der Waals surface area contributed by atoms with E-state index in [0.717, 1.165) is 41.8 Å². The molecule has 0 bridgehead atoms. The van der Waals surface area contributed by atoms with Crippen molar-refractivity contribution in [2.45, 2.75) is 39.4 Å². The number of carbonyl (C=O) groups excluding carboxylic acids is 1. The fraction of sp³-hybridized carbons (Fsp3) is 0.320. The lowest BCUT2D eigenvalue weighted by atomic mass is 10.1. The molecule has 4 aromatic rings. The largest absolute Gasteiger partial charge is 0.399 e. The standard InChI is InChI=1S/C25H30N6O2/c1-3-23-29-22-13-20(26)12-21(24(22)31(23)10-7-11-33-2)25(32)27-14-19-15-28-30(17-19)16-18-8-5-4-6-9-18/h4-6,8-9,12-13,15,17H,3,7,10-11,14,16,26H2,1-2H3,(H,27,32). The molecule has 3 N–H and O–H groups in total.